The lowest BCUT2D eigenvalue weighted by molar-refractivity contribution is -0.137. The summed E-state index contributed by atoms with van der Waals surface area (Å²) < 4.78 is 37.7. The monoisotopic (exact) mass is 498 g/mol. The van der Waals surface area contributed by atoms with Crippen LogP contribution in [0.2, 0.25) is 0 Å². The minimum absolute atomic E-state index is 0. The first-order valence-corrected chi connectivity index (χ1v) is 9.28. The molecule has 1 aromatic carbocycles. The molecule has 2 rings (SSSR count). The van der Waals surface area contributed by atoms with Crippen LogP contribution in [0.3, 0.4) is 0 Å². The van der Waals surface area contributed by atoms with E-state index in [0.29, 0.717) is 19.0 Å². The number of hydrogen-bond acceptors (Lipinski definition) is 2. The van der Waals surface area contributed by atoms with Gasteiger partial charge in [-0.15, -0.1) is 24.0 Å². The first-order chi connectivity index (χ1) is 12.4. The van der Waals surface area contributed by atoms with Gasteiger partial charge in [0.25, 0.3) is 0 Å². The largest absolute Gasteiger partial charge is 0.416 e. The number of piperidine rings is 1. The van der Waals surface area contributed by atoms with E-state index in [1.54, 1.807) is 7.05 Å². The van der Waals surface area contributed by atoms with Crippen molar-refractivity contribution in [2.45, 2.75) is 44.8 Å². The Labute approximate surface area is 177 Å². The van der Waals surface area contributed by atoms with Crippen LogP contribution >= 0.6 is 24.0 Å². The Morgan fingerprint density at radius 2 is 1.81 bits per heavy atom. The maximum Gasteiger partial charge on any atom is 0.416 e. The van der Waals surface area contributed by atoms with E-state index in [-0.39, 0.29) is 24.0 Å². The molecule has 1 heterocycles. The minimum Gasteiger partial charge on any atom is -0.356 e. The fourth-order valence-corrected chi connectivity index (χ4v) is 3.19. The molecule has 1 aliphatic rings. The van der Waals surface area contributed by atoms with Crippen LogP contribution in [0.5, 0.6) is 0 Å². The highest BCUT2D eigenvalue weighted by Crippen LogP contribution is 2.29. The van der Waals surface area contributed by atoms with Gasteiger partial charge in [0.15, 0.2) is 5.96 Å². The third kappa shape index (κ3) is 8.25. The molecule has 4 nitrogen and oxygen atoms in total. The van der Waals surface area contributed by atoms with E-state index in [9.17, 15) is 13.2 Å². The Kier molecular flexibility index (Phi) is 10.4. The average molecular weight is 498 g/mol. The van der Waals surface area contributed by atoms with E-state index < -0.39 is 11.7 Å². The molecule has 0 radical (unpaired) electrons. The van der Waals surface area contributed by atoms with Crippen LogP contribution in [0.25, 0.3) is 0 Å². The van der Waals surface area contributed by atoms with Gasteiger partial charge in [0.05, 0.1) is 5.56 Å². The van der Waals surface area contributed by atoms with Gasteiger partial charge in [-0.25, -0.2) is 0 Å². The van der Waals surface area contributed by atoms with Crippen molar-refractivity contribution in [1.82, 2.24) is 15.5 Å². The van der Waals surface area contributed by atoms with Crippen molar-refractivity contribution in [3.05, 3.63) is 35.4 Å². The molecule has 0 unspecified atom stereocenters. The van der Waals surface area contributed by atoms with E-state index in [1.165, 1.54) is 18.6 Å². The van der Waals surface area contributed by atoms with E-state index in [4.69, 9.17) is 0 Å². The van der Waals surface area contributed by atoms with Crippen LogP contribution in [0.1, 0.15) is 37.3 Å². The molecular formula is C19H30F3IN4. The van der Waals surface area contributed by atoms with Gasteiger partial charge in [0.2, 0.25) is 0 Å². The minimum atomic E-state index is -4.28. The van der Waals surface area contributed by atoms with Crippen molar-refractivity contribution in [1.29, 1.82) is 0 Å². The van der Waals surface area contributed by atoms with Crippen molar-refractivity contribution in [3.8, 4) is 0 Å². The van der Waals surface area contributed by atoms with Gasteiger partial charge in [-0.3, -0.25) is 4.99 Å². The number of nitrogens with zero attached hydrogens (tertiary/aromatic N) is 2. The third-order valence-corrected chi connectivity index (χ3v) is 4.68. The molecule has 2 N–H and O–H groups in total. The Morgan fingerprint density at radius 3 is 2.33 bits per heavy atom. The van der Waals surface area contributed by atoms with Crippen LogP contribution < -0.4 is 10.6 Å². The van der Waals surface area contributed by atoms with Crippen LogP contribution in [0.4, 0.5) is 13.2 Å². The lowest BCUT2D eigenvalue weighted by atomic mass is 10.1. The van der Waals surface area contributed by atoms with E-state index in [2.05, 4.69) is 27.4 Å². The summed E-state index contributed by atoms with van der Waals surface area (Å²) >= 11 is 0. The zero-order chi connectivity index (χ0) is 19.0. The van der Waals surface area contributed by atoms with Gasteiger partial charge in [-0.2, -0.15) is 13.2 Å². The summed E-state index contributed by atoms with van der Waals surface area (Å²) in [6.45, 7) is 6.20. The molecule has 0 atom stereocenters. The average Bonchev–Trinajstić information content (AvgIpc) is 2.62. The van der Waals surface area contributed by atoms with Crippen molar-refractivity contribution < 1.29 is 13.2 Å². The third-order valence-electron chi connectivity index (χ3n) is 4.68. The number of guanidine groups is 1. The SMILES string of the molecule is CCCN1CCC(NC(=NC)NCCc2ccc(C(F)(F)F)cc2)CC1.I. The number of nitrogens with one attached hydrogen (secondary N) is 2. The molecule has 0 aromatic heterocycles. The maximum absolute atomic E-state index is 12.6. The summed E-state index contributed by atoms with van der Waals surface area (Å²) in [6, 6.07) is 5.74. The standard InChI is InChI=1S/C19H29F3N4.HI/c1-3-12-26-13-9-17(10-14-26)25-18(23-2)24-11-8-15-4-6-16(7-5-15)19(20,21)22;/h4-7,17H,3,8-14H2,1-2H3,(H2,23,24,25);1H. The summed E-state index contributed by atoms with van der Waals surface area (Å²) in [7, 11) is 1.74. The fourth-order valence-electron chi connectivity index (χ4n) is 3.19. The second-order valence-electron chi connectivity index (χ2n) is 6.70. The van der Waals surface area contributed by atoms with Gasteiger partial charge < -0.3 is 15.5 Å². The molecular weight excluding hydrogens is 468 g/mol. The number of hydrogen-bond donors (Lipinski definition) is 2. The summed E-state index contributed by atoms with van der Waals surface area (Å²) in [6.07, 6.45) is -0.256. The van der Waals surface area contributed by atoms with Gasteiger partial charge >= 0.3 is 6.18 Å². The zero-order valence-corrected chi connectivity index (χ0v) is 18.3. The first kappa shape index (κ1) is 24.0. The number of likely N-dealkylation sites (tertiary alicyclic amines) is 1. The Morgan fingerprint density at radius 1 is 1.19 bits per heavy atom. The number of aliphatic imine (C=N–C) groups is 1. The normalized spacial score (nSPS) is 16.7. The Balaban J connectivity index is 0.00000364. The molecule has 0 aliphatic carbocycles. The highest BCUT2D eigenvalue weighted by atomic mass is 127. The van der Waals surface area contributed by atoms with Gasteiger partial charge in [-0.05, 0) is 49.9 Å². The second kappa shape index (κ2) is 11.7. The number of halogens is 4. The summed E-state index contributed by atoms with van der Waals surface area (Å²) in [5.74, 6) is 0.755. The topological polar surface area (TPSA) is 39.7 Å². The van der Waals surface area contributed by atoms with E-state index >= 15 is 0 Å². The molecule has 1 aromatic rings. The predicted octanol–water partition coefficient (Wildman–Crippen LogP) is 3.91. The van der Waals surface area contributed by atoms with Gasteiger partial charge in [-0.1, -0.05) is 19.1 Å². The quantitative estimate of drug-likeness (QED) is 0.355. The molecule has 27 heavy (non-hydrogen) atoms. The van der Waals surface area contributed by atoms with Crippen molar-refractivity contribution >= 4 is 29.9 Å². The Hall–Kier alpha value is -1.03. The predicted molar refractivity (Wildman–Crippen MR) is 115 cm³/mol. The van der Waals surface area contributed by atoms with Crippen LogP contribution in [-0.4, -0.2) is 50.1 Å². The maximum atomic E-state index is 12.6. The molecule has 154 valence electrons. The molecule has 0 bridgehead atoms. The Bertz CT molecular complexity index is 567. The lowest BCUT2D eigenvalue weighted by Crippen LogP contribution is -2.49. The fraction of sp³-hybridized carbons (Fsp3) is 0.632. The smallest absolute Gasteiger partial charge is 0.356 e. The summed E-state index contributed by atoms with van der Waals surface area (Å²) in [5.41, 5.74) is 0.259. The molecule has 0 amide bonds. The molecule has 0 saturated carbocycles. The molecule has 1 aliphatic heterocycles. The van der Waals surface area contributed by atoms with Crippen molar-refractivity contribution in [2.75, 3.05) is 33.2 Å². The van der Waals surface area contributed by atoms with E-state index in [1.807, 2.05) is 0 Å². The summed E-state index contributed by atoms with van der Waals surface area (Å²) in [4.78, 5) is 6.73. The van der Waals surface area contributed by atoms with Crippen molar-refractivity contribution in [3.63, 3.8) is 0 Å². The van der Waals surface area contributed by atoms with Gasteiger partial charge in [0, 0.05) is 32.7 Å². The zero-order valence-electron chi connectivity index (χ0n) is 16.0. The highest BCUT2D eigenvalue weighted by molar-refractivity contribution is 14.0. The second-order valence-corrected chi connectivity index (χ2v) is 6.70. The molecule has 1 fully saturated rings. The molecule has 1 saturated heterocycles. The van der Waals surface area contributed by atoms with Crippen molar-refractivity contribution in [2.24, 2.45) is 4.99 Å². The number of rotatable bonds is 6. The van der Waals surface area contributed by atoms with Crippen LogP contribution in [0.15, 0.2) is 29.3 Å². The lowest BCUT2D eigenvalue weighted by Gasteiger charge is -2.32. The molecule has 8 heteroatoms. The molecule has 0 spiro atoms. The first-order valence-electron chi connectivity index (χ1n) is 9.28. The number of benzene rings is 1. The van der Waals surface area contributed by atoms with Crippen LogP contribution in [-0.2, 0) is 12.6 Å². The summed E-state index contributed by atoms with van der Waals surface area (Å²) in [5, 5.41) is 6.70. The van der Waals surface area contributed by atoms with Gasteiger partial charge in [0.1, 0.15) is 0 Å². The highest BCUT2D eigenvalue weighted by Gasteiger charge is 2.29. The van der Waals surface area contributed by atoms with Crippen LogP contribution in [0, 0.1) is 0 Å². The number of alkyl halides is 3. The van der Waals surface area contributed by atoms with E-state index in [0.717, 1.165) is 56.1 Å².